The van der Waals surface area contributed by atoms with Crippen LogP contribution in [0.2, 0.25) is 0 Å². The number of ether oxygens (including phenoxy) is 1. The second kappa shape index (κ2) is 5.46. The Morgan fingerprint density at radius 2 is 2.04 bits per heavy atom. The lowest BCUT2D eigenvalue weighted by molar-refractivity contribution is -0.142. The molecular weight excluding hydrogens is 309 g/mol. The van der Waals surface area contributed by atoms with E-state index < -0.39 is 28.5 Å². The third kappa shape index (κ3) is 2.86. The van der Waals surface area contributed by atoms with Crippen molar-refractivity contribution in [3.05, 3.63) is 41.2 Å². The van der Waals surface area contributed by atoms with Crippen molar-refractivity contribution in [1.82, 2.24) is 4.98 Å². The summed E-state index contributed by atoms with van der Waals surface area (Å²) in [6, 6.07) is 3.84. The minimum absolute atomic E-state index is 0.0411. The molecule has 1 unspecified atom stereocenters. The van der Waals surface area contributed by atoms with Crippen LogP contribution in [0, 0.1) is 16.7 Å². The molecule has 0 aliphatic heterocycles. The number of Topliss-reactive ketones (excluding diaryl/α,β-unsaturated/α-hetero) is 1. The van der Waals surface area contributed by atoms with Crippen molar-refractivity contribution >= 4 is 5.78 Å². The van der Waals surface area contributed by atoms with Gasteiger partial charge in [-0.3, -0.25) is 9.78 Å². The van der Waals surface area contributed by atoms with Crippen LogP contribution >= 0.6 is 0 Å². The smallest absolute Gasteiger partial charge is 0.368 e. The number of carbonyl (C=O) groups is 1. The molecule has 0 saturated carbocycles. The number of alkyl halides is 3. The molecule has 1 atom stereocenters. The molecule has 122 valence electrons. The predicted octanol–water partition coefficient (Wildman–Crippen LogP) is 3.39. The average molecular weight is 324 g/mol. The zero-order chi connectivity index (χ0) is 17.5. The molecule has 1 aliphatic carbocycles. The van der Waals surface area contributed by atoms with E-state index in [1.807, 2.05) is 0 Å². The Labute approximate surface area is 131 Å². The van der Waals surface area contributed by atoms with Crippen LogP contribution in [0.5, 0.6) is 0 Å². The van der Waals surface area contributed by atoms with Crippen LogP contribution in [-0.4, -0.2) is 17.9 Å². The fourth-order valence-electron chi connectivity index (χ4n) is 2.89. The Bertz CT molecular complexity index is 717. The zero-order valence-corrected chi connectivity index (χ0v) is 12.9. The van der Waals surface area contributed by atoms with Crippen molar-refractivity contribution in [3.8, 4) is 6.07 Å². The molecule has 0 aromatic carbocycles. The standard InChI is InChI=1S/C16H15F3N2O2/c1-14(2)9-15(23-3,7-10(8-20)13(14)22)12-11(16(17,18)19)5-4-6-21-12/h4-7H,9H2,1-3H3. The summed E-state index contributed by atoms with van der Waals surface area (Å²) in [5.74, 6) is -0.419. The molecular formula is C16H15F3N2O2. The number of aromatic nitrogens is 1. The van der Waals surface area contributed by atoms with Gasteiger partial charge in [0.25, 0.3) is 0 Å². The van der Waals surface area contributed by atoms with Gasteiger partial charge in [0.1, 0.15) is 11.7 Å². The van der Waals surface area contributed by atoms with Gasteiger partial charge in [-0.1, -0.05) is 13.8 Å². The lowest BCUT2D eigenvalue weighted by atomic mass is 9.68. The molecule has 23 heavy (non-hydrogen) atoms. The van der Waals surface area contributed by atoms with Crippen molar-refractivity contribution < 1.29 is 22.7 Å². The molecule has 0 fully saturated rings. The number of allylic oxidation sites excluding steroid dienone is 1. The monoisotopic (exact) mass is 324 g/mol. The number of ketones is 1. The van der Waals surface area contributed by atoms with E-state index in [-0.39, 0.29) is 17.7 Å². The topological polar surface area (TPSA) is 63.0 Å². The summed E-state index contributed by atoms with van der Waals surface area (Å²) >= 11 is 0. The van der Waals surface area contributed by atoms with Gasteiger partial charge in [0.05, 0.1) is 16.8 Å². The second-order valence-electron chi connectivity index (χ2n) is 6.05. The van der Waals surface area contributed by atoms with Crippen molar-refractivity contribution in [2.24, 2.45) is 5.41 Å². The summed E-state index contributed by atoms with van der Waals surface area (Å²) in [4.78, 5) is 16.1. The Kier molecular flexibility index (Phi) is 4.07. The summed E-state index contributed by atoms with van der Waals surface area (Å²) < 4.78 is 45.3. The van der Waals surface area contributed by atoms with E-state index in [0.29, 0.717) is 0 Å². The summed E-state index contributed by atoms with van der Waals surface area (Å²) in [6.07, 6.45) is -2.28. The molecule has 0 saturated heterocycles. The van der Waals surface area contributed by atoms with Crippen LogP contribution in [0.1, 0.15) is 31.5 Å². The van der Waals surface area contributed by atoms with Gasteiger partial charge in [-0.05, 0) is 24.6 Å². The van der Waals surface area contributed by atoms with Gasteiger partial charge in [0.2, 0.25) is 0 Å². The Morgan fingerprint density at radius 3 is 2.57 bits per heavy atom. The number of nitrogens with zero attached hydrogens (tertiary/aromatic N) is 2. The number of nitriles is 1. The molecule has 0 amide bonds. The van der Waals surface area contributed by atoms with Gasteiger partial charge >= 0.3 is 6.18 Å². The maximum Gasteiger partial charge on any atom is 0.418 e. The number of carbonyl (C=O) groups excluding carboxylic acids is 1. The van der Waals surface area contributed by atoms with E-state index in [1.54, 1.807) is 19.9 Å². The molecule has 2 rings (SSSR count). The Hall–Kier alpha value is -2.20. The zero-order valence-electron chi connectivity index (χ0n) is 12.9. The van der Waals surface area contributed by atoms with Gasteiger partial charge in [-0.15, -0.1) is 0 Å². The first-order valence-corrected chi connectivity index (χ1v) is 6.83. The molecule has 0 bridgehead atoms. The van der Waals surface area contributed by atoms with E-state index in [2.05, 4.69) is 4.98 Å². The fourth-order valence-corrected chi connectivity index (χ4v) is 2.89. The maximum absolute atomic E-state index is 13.3. The molecule has 1 heterocycles. The molecule has 0 N–H and O–H groups in total. The van der Waals surface area contributed by atoms with Crippen molar-refractivity contribution in [2.45, 2.75) is 32.0 Å². The predicted molar refractivity (Wildman–Crippen MR) is 75.0 cm³/mol. The van der Waals surface area contributed by atoms with Crippen molar-refractivity contribution in [3.63, 3.8) is 0 Å². The van der Waals surface area contributed by atoms with Crippen LogP contribution in [0.25, 0.3) is 0 Å². The number of hydrogen-bond donors (Lipinski definition) is 0. The number of hydrogen-bond acceptors (Lipinski definition) is 4. The highest BCUT2D eigenvalue weighted by Crippen LogP contribution is 2.47. The lowest BCUT2D eigenvalue weighted by Gasteiger charge is -2.40. The number of pyridine rings is 1. The molecule has 1 aromatic heterocycles. The summed E-state index contributed by atoms with van der Waals surface area (Å²) in [6.45, 7) is 3.15. The molecule has 1 aromatic rings. The minimum atomic E-state index is -4.62. The molecule has 0 radical (unpaired) electrons. The maximum atomic E-state index is 13.3. The van der Waals surface area contributed by atoms with Gasteiger partial charge in [-0.2, -0.15) is 18.4 Å². The largest absolute Gasteiger partial charge is 0.418 e. The Balaban J connectivity index is 2.76. The van der Waals surface area contributed by atoms with E-state index in [4.69, 9.17) is 10.00 Å². The van der Waals surface area contributed by atoms with Gasteiger partial charge in [-0.25, -0.2) is 0 Å². The van der Waals surface area contributed by atoms with Crippen LogP contribution < -0.4 is 0 Å². The van der Waals surface area contributed by atoms with Crippen LogP contribution in [0.15, 0.2) is 30.0 Å². The molecule has 4 nitrogen and oxygen atoms in total. The first-order valence-electron chi connectivity index (χ1n) is 6.83. The van der Waals surface area contributed by atoms with Crippen molar-refractivity contribution in [2.75, 3.05) is 7.11 Å². The third-order valence-corrected chi connectivity index (χ3v) is 3.94. The van der Waals surface area contributed by atoms with Gasteiger partial charge in [0, 0.05) is 18.7 Å². The summed E-state index contributed by atoms with van der Waals surface area (Å²) in [5, 5.41) is 9.16. The van der Waals surface area contributed by atoms with E-state index >= 15 is 0 Å². The highest BCUT2D eigenvalue weighted by atomic mass is 19.4. The van der Waals surface area contributed by atoms with E-state index in [9.17, 15) is 18.0 Å². The first kappa shape index (κ1) is 17.2. The molecule has 1 aliphatic rings. The first-order chi connectivity index (χ1) is 10.6. The second-order valence-corrected chi connectivity index (χ2v) is 6.05. The molecule has 7 heteroatoms. The van der Waals surface area contributed by atoms with E-state index in [1.165, 1.54) is 19.4 Å². The lowest BCUT2D eigenvalue weighted by Crippen LogP contribution is -2.43. The summed E-state index contributed by atoms with van der Waals surface area (Å²) in [7, 11) is 1.24. The number of rotatable bonds is 2. The number of methoxy groups -OCH3 is 1. The third-order valence-electron chi connectivity index (χ3n) is 3.94. The molecule has 0 spiro atoms. The van der Waals surface area contributed by atoms with Crippen LogP contribution in [0.4, 0.5) is 13.2 Å². The SMILES string of the molecule is COC1(c2ncccc2C(F)(F)F)C=C(C#N)C(=O)C(C)(C)C1. The average Bonchev–Trinajstić information content (AvgIpc) is 2.49. The fraction of sp³-hybridized carbons (Fsp3) is 0.438. The van der Waals surface area contributed by atoms with E-state index in [0.717, 1.165) is 12.1 Å². The summed E-state index contributed by atoms with van der Waals surface area (Å²) in [5.41, 5.74) is -4.14. The highest BCUT2D eigenvalue weighted by Gasteiger charge is 2.50. The van der Waals surface area contributed by atoms with Crippen LogP contribution in [-0.2, 0) is 21.3 Å². The van der Waals surface area contributed by atoms with Crippen molar-refractivity contribution in [1.29, 1.82) is 5.26 Å². The minimum Gasteiger partial charge on any atom is -0.368 e. The normalized spacial score (nSPS) is 24.0. The Morgan fingerprint density at radius 1 is 1.39 bits per heavy atom. The quantitative estimate of drug-likeness (QED) is 0.836. The van der Waals surface area contributed by atoms with Crippen LogP contribution in [0.3, 0.4) is 0 Å². The number of halogens is 3. The van der Waals surface area contributed by atoms with Gasteiger partial charge in [0.15, 0.2) is 5.78 Å². The van der Waals surface area contributed by atoms with Gasteiger partial charge < -0.3 is 4.74 Å². The highest BCUT2D eigenvalue weighted by molar-refractivity contribution is 6.04.